The highest BCUT2D eigenvalue weighted by Gasteiger charge is 2.47. The summed E-state index contributed by atoms with van der Waals surface area (Å²) in [4.78, 5) is 23.6. The average molecular weight is 727 g/mol. The molecule has 4 N–H and O–H groups in total. The molecule has 2 aliphatic carbocycles. The van der Waals surface area contributed by atoms with Crippen LogP contribution in [0.2, 0.25) is 0 Å². The molecule has 2 aromatic carbocycles. The third-order valence-electron chi connectivity index (χ3n) is 9.89. The molecule has 1 saturated carbocycles. The highest BCUT2D eigenvalue weighted by Crippen LogP contribution is 2.43. The summed E-state index contributed by atoms with van der Waals surface area (Å²) in [7, 11) is 1.56. The third-order valence-corrected chi connectivity index (χ3v) is 10.5. The number of carbonyl (C=O) groups is 1. The molecule has 7 rings (SSSR count). The highest BCUT2D eigenvalue weighted by atomic mass is 35.5. The number of methoxy groups -OCH3 is 1. The number of allylic oxidation sites excluding steroid dienone is 2. The largest absolute Gasteiger partial charge is 0.436 e. The van der Waals surface area contributed by atoms with Crippen molar-refractivity contribution >= 4 is 34.2 Å². The maximum atomic E-state index is 14.2. The quantitative estimate of drug-likeness (QED) is 0.149. The van der Waals surface area contributed by atoms with Gasteiger partial charge < -0.3 is 34.9 Å². The van der Waals surface area contributed by atoms with Gasteiger partial charge in [0.15, 0.2) is 11.1 Å². The van der Waals surface area contributed by atoms with Crippen LogP contribution in [-0.2, 0) is 34.7 Å². The minimum Gasteiger partial charge on any atom is -0.436 e. The Morgan fingerprint density at radius 1 is 1.19 bits per heavy atom. The van der Waals surface area contributed by atoms with Gasteiger partial charge in [-0.25, -0.2) is 9.37 Å². The number of fused-ring (bicyclic) bond motifs is 1. The number of carbonyl (C=O) groups excluding carboxylic acids is 1. The highest BCUT2D eigenvalue weighted by molar-refractivity contribution is 6.28. The molecule has 6 atom stereocenters. The number of aromatic nitrogens is 2. The zero-order valence-corrected chi connectivity index (χ0v) is 29.6. The molecule has 4 aromatic rings. The van der Waals surface area contributed by atoms with E-state index in [0.717, 1.165) is 33.4 Å². The van der Waals surface area contributed by atoms with E-state index in [2.05, 4.69) is 27.0 Å². The normalized spacial score (nSPS) is 25.5. The maximum Gasteiger partial charge on any atom is 0.271 e. The van der Waals surface area contributed by atoms with Crippen molar-refractivity contribution in [2.45, 2.75) is 74.7 Å². The fraction of sp³-hybridized carbons (Fsp3) is 0.385. The van der Waals surface area contributed by atoms with Crippen molar-refractivity contribution in [3.05, 3.63) is 112 Å². The number of amides is 1. The molecule has 1 amide bonds. The standard InChI is InChI=1S/C39H40ClFN6O5/c1-22-6-3-4-7-27(22)28-8-5-10-39(36(28)40,47-37(49)33-14-25(20-50-2)26(19-45-33)18-44-31-15-29(31)41)38-46-32-13-23(12-24(16-42)35(32)52-38)17-43-30-9-11-51-21-34(30)48/h3-8,10,12-14,19,29-31,34,36,43-44,48H,9,11,15,17-18,20-21H2,1-2H3,(H,47,49)/t29-,30+,31+,34-,36?,39?/m0/s1. The third kappa shape index (κ3) is 7.25. The summed E-state index contributed by atoms with van der Waals surface area (Å²) in [6.45, 7) is 3.79. The molecule has 13 heteroatoms. The summed E-state index contributed by atoms with van der Waals surface area (Å²) in [6.07, 6.45) is 6.71. The lowest BCUT2D eigenvalue weighted by Crippen LogP contribution is -2.52. The lowest BCUT2D eigenvalue weighted by Gasteiger charge is -2.36. The minimum atomic E-state index is -1.51. The topological polar surface area (TPSA) is 155 Å². The number of aryl methyl sites for hydroxylation is 1. The van der Waals surface area contributed by atoms with Crippen molar-refractivity contribution in [1.29, 1.82) is 5.26 Å². The molecule has 2 unspecified atom stereocenters. The summed E-state index contributed by atoms with van der Waals surface area (Å²) < 4.78 is 30.7. The molecule has 3 heterocycles. The van der Waals surface area contributed by atoms with E-state index < -0.39 is 29.1 Å². The number of halogens is 2. The van der Waals surface area contributed by atoms with E-state index in [4.69, 9.17) is 30.5 Å². The number of hydrogen-bond acceptors (Lipinski definition) is 10. The smallest absolute Gasteiger partial charge is 0.271 e. The SMILES string of the molecule is COCc1cc(C(=O)NC2(c3nc4cc(CN[C@@H]5CCOC[C@@H]5O)cc(C#N)c4o3)C=CC=C(c3ccccc3C)C2Cl)ncc1CN[C@@H]1C[C@@H]1F. The zero-order valence-electron chi connectivity index (χ0n) is 28.9. The molecular weight excluding hydrogens is 687 g/mol. The Labute approximate surface area is 305 Å². The predicted molar refractivity (Wildman–Crippen MR) is 193 cm³/mol. The van der Waals surface area contributed by atoms with Crippen molar-refractivity contribution in [3.8, 4) is 6.07 Å². The van der Waals surface area contributed by atoms with Crippen LogP contribution in [0.25, 0.3) is 16.7 Å². The van der Waals surface area contributed by atoms with Gasteiger partial charge in [-0.05, 0) is 77.4 Å². The summed E-state index contributed by atoms with van der Waals surface area (Å²) in [6, 6.07) is 14.9. The molecule has 2 aromatic heterocycles. The van der Waals surface area contributed by atoms with Gasteiger partial charge in [0, 0.05) is 45.1 Å². The van der Waals surface area contributed by atoms with Gasteiger partial charge >= 0.3 is 0 Å². The van der Waals surface area contributed by atoms with Crippen LogP contribution in [0.5, 0.6) is 0 Å². The van der Waals surface area contributed by atoms with Crippen molar-refractivity contribution in [2.24, 2.45) is 0 Å². The van der Waals surface area contributed by atoms with E-state index in [9.17, 15) is 19.6 Å². The first-order chi connectivity index (χ1) is 25.2. The molecule has 270 valence electrons. The first-order valence-corrected chi connectivity index (χ1v) is 17.7. The lowest BCUT2D eigenvalue weighted by molar-refractivity contribution is -0.0280. The van der Waals surface area contributed by atoms with Crippen LogP contribution < -0.4 is 16.0 Å². The van der Waals surface area contributed by atoms with Crippen LogP contribution in [0, 0.1) is 18.3 Å². The molecule has 52 heavy (non-hydrogen) atoms. The second-order valence-corrected chi connectivity index (χ2v) is 14.0. The Morgan fingerprint density at radius 2 is 2.00 bits per heavy atom. The fourth-order valence-corrected chi connectivity index (χ4v) is 7.22. The first kappa shape index (κ1) is 35.9. The zero-order chi connectivity index (χ0) is 36.4. The number of oxazole rings is 1. The van der Waals surface area contributed by atoms with Crippen LogP contribution in [0.3, 0.4) is 0 Å². The Morgan fingerprint density at radius 3 is 2.75 bits per heavy atom. The van der Waals surface area contributed by atoms with E-state index in [0.29, 0.717) is 38.1 Å². The van der Waals surface area contributed by atoms with Gasteiger partial charge in [0.25, 0.3) is 5.91 Å². The number of aliphatic hydroxyl groups excluding tert-OH is 1. The van der Waals surface area contributed by atoms with Crippen molar-refractivity contribution in [2.75, 3.05) is 20.3 Å². The maximum absolute atomic E-state index is 14.2. The number of aliphatic hydroxyl groups is 1. The Kier molecular flexibility index (Phi) is 10.5. The number of alkyl halides is 2. The summed E-state index contributed by atoms with van der Waals surface area (Å²) in [5, 5.41) is 29.3. The first-order valence-electron chi connectivity index (χ1n) is 17.3. The number of pyridine rings is 1. The van der Waals surface area contributed by atoms with Gasteiger partial charge in [0.2, 0.25) is 5.89 Å². The van der Waals surface area contributed by atoms with E-state index in [1.165, 1.54) is 0 Å². The van der Waals surface area contributed by atoms with Crippen molar-refractivity contribution in [3.63, 3.8) is 0 Å². The van der Waals surface area contributed by atoms with Gasteiger partial charge in [0.05, 0.1) is 30.3 Å². The van der Waals surface area contributed by atoms with E-state index >= 15 is 0 Å². The summed E-state index contributed by atoms with van der Waals surface area (Å²) >= 11 is 7.43. The lowest BCUT2D eigenvalue weighted by atomic mass is 9.81. The molecule has 2 fully saturated rings. The van der Waals surface area contributed by atoms with Gasteiger partial charge in [-0.15, -0.1) is 11.6 Å². The van der Waals surface area contributed by atoms with Gasteiger partial charge in [0.1, 0.15) is 23.5 Å². The van der Waals surface area contributed by atoms with E-state index in [-0.39, 0.29) is 48.0 Å². The average Bonchev–Trinajstić information content (AvgIpc) is 3.68. The molecule has 0 bridgehead atoms. The number of nitrogens with one attached hydrogen (secondary N) is 3. The predicted octanol–water partition coefficient (Wildman–Crippen LogP) is 4.87. The number of rotatable bonds is 12. The van der Waals surface area contributed by atoms with Crippen LogP contribution >= 0.6 is 11.6 Å². The molecule has 0 radical (unpaired) electrons. The van der Waals surface area contributed by atoms with Gasteiger partial charge in [-0.1, -0.05) is 36.4 Å². The number of nitriles is 1. The number of hydrogen-bond donors (Lipinski definition) is 4. The molecule has 0 spiro atoms. The van der Waals surface area contributed by atoms with Crippen LogP contribution in [0.4, 0.5) is 4.39 Å². The molecule has 1 aliphatic heterocycles. The Balaban J connectivity index is 1.25. The number of ether oxygens (including phenoxy) is 2. The van der Waals surface area contributed by atoms with Crippen LogP contribution in [0.1, 0.15) is 62.6 Å². The molecule has 3 aliphatic rings. The minimum absolute atomic E-state index is 0.0934. The summed E-state index contributed by atoms with van der Waals surface area (Å²) in [5.41, 5.74) is 4.48. The van der Waals surface area contributed by atoms with Gasteiger partial charge in [-0.2, -0.15) is 5.26 Å². The molecule has 11 nitrogen and oxygen atoms in total. The van der Waals surface area contributed by atoms with Crippen LogP contribution in [-0.4, -0.2) is 71.0 Å². The van der Waals surface area contributed by atoms with Crippen molar-refractivity contribution in [1.82, 2.24) is 25.9 Å². The Hall–Kier alpha value is -4.48. The van der Waals surface area contributed by atoms with E-state index in [1.54, 1.807) is 31.5 Å². The number of benzene rings is 2. The Bertz CT molecular complexity index is 2080. The second-order valence-electron chi connectivity index (χ2n) is 13.5. The van der Waals surface area contributed by atoms with Gasteiger partial charge in [-0.3, -0.25) is 9.78 Å². The van der Waals surface area contributed by atoms with Crippen molar-refractivity contribution < 1.29 is 28.2 Å². The number of nitrogens with zero attached hydrogens (tertiary/aromatic N) is 3. The van der Waals surface area contributed by atoms with E-state index in [1.807, 2.05) is 49.4 Å². The summed E-state index contributed by atoms with van der Waals surface area (Å²) in [5.74, 6) is -0.442. The second kappa shape index (κ2) is 15.2. The van der Waals surface area contributed by atoms with Crippen LogP contribution in [0.15, 0.2) is 71.3 Å². The molecular formula is C39H40ClFN6O5. The molecule has 1 saturated heterocycles. The fourth-order valence-electron chi connectivity index (χ4n) is 6.81. The monoisotopic (exact) mass is 726 g/mol.